The third-order valence-corrected chi connectivity index (χ3v) is 11.5. The Kier molecular flexibility index (Phi) is 7.65. The highest BCUT2D eigenvalue weighted by Crippen LogP contribution is 2.71. The first-order chi connectivity index (χ1) is 19.3. The van der Waals surface area contributed by atoms with Crippen molar-refractivity contribution in [1.82, 2.24) is 0 Å². The van der Waals surface area contributed by atoms with E-state index in [2.05, 4.69) is 6.92 Å². The number of allylic oxidation sites excluding steroid dienone is 4. The van der Waals surface area contributed by atoms with Crippen LogP contribution in [0.1, 0.15) is 79.1 Å². The molecule has 0 spiro atoms. The van der Waals surface area contributed by atoms with Gasteiger partial charge < -0.3 is 19.3 Å². The van der Waals surface area contributed by atoms with Crippen molar-refractivity contribution in [2.75, 3.05) is 6.86 Å². The number of esters is 1. The number of ether oxygens (including phenoxy) is 3. The second kappa shape index (κ2) is 10.4. The van der Waals surface area contributed by atoms with Gasteiger partial charge in [-0.05, 0) is 81.4 Å². The summed E-state index contributed by atoms with van der Waals surface area (Å²) in [6.45, 7) is 5.37. The van der Waals surface area contributed by atoms with E-state index in [0.717, 1.165) is 25.3 Å². The Hall–Kier alpha value is -2.36. The quantitative estimate of drug-likeness (QED) is 0.404. The molecule has 4 fully saturated rings. The summed E-state index contributed by atoms with van der Waals surface area (Å²) in [5.74, 6) is -3.65. The molecule has 228 valence electrons. The number of rotatable bonds is 5. The van der Waals surface area contributed by atoms with Gasteiger partial charge in [-0.15, -0.1) is 0 Å². The normalized spacial score (nSPS) is 47.0. The van der Waals surface area contributed by atoms with Crippen LogP contribution in [0.3, 0.4) is 0 Å². The molecule has 0 aromatic heterocycles. The molecular weight excluding hydrogens is 541 g/mol. The number of fused-ring (bicyclic) bond motifs is 5. The van der Waals surface area contributed by atoms with Crippen LogP contribution in [-0.2, 0) is 23.8 Å². The molecule has 0 aromatic carbocycles. The Bertz CT molecular complexity index is 1150. The summed E-state index contributed by atoms with van der Waals surface area (Å²) in [6.07, 6.45) is 2.34. The lowest BCUT2D eigenvalue weighted by atomic mass is 9.44. The average Bonchev–Trinajstić information content (AvgIpc) is 3.14. The van der Waals surface area contributed by atoms with Crippen LogP contribution in [0.15, 0.2) is 23.8 Å². The molecule has 10 heteroatoms. The molecule has 4 saturated carbocycles. The Balaban J connectivity index is 1.50. The SMILES string of the molecule is CC[C@H]1CC[C@H](OC(=O)O[C@@]2(C(=O)OCF)[C@H](C)C[C@H]3[C@@H]4C[C@H](F)C5=CC(=O)C=C[C@]5(C)C4(F)[C@@H](O)C[C@@]32C)CC1. The fraction of sp³-hybridized carbons (Fsp3) is 0.774. The summed E-state index contributed by atoms with van der Waals surface area (Å²) < 4.78 is 63.0. The van der Waals surface area contributed by atoms with Crippen molar-refractivity contribution in [2.45, 2.75) is 109 Å². The highest BCUT2D eigenvalue weighted by molar-refractivity contribution is 6.01. The molecule has 1 unspecified atom stereocenters. The van der Waals surface area contributed by atoms with Gasteiger partial charge in [-0.2, -0.15) is 0 Å². The van der Waals surface area contributed by atoms with Gasteiger partial charge in [0, 0.05) is 22.7 Å². The maximum absolute atomic E-state index is 17.5. The number of aliphatic hydroxyl groups is 1. The Labute approximate surface area is 238 Å². The largest absolute Gasteiger partial charge is 0.509 e. The molecule has 0 aromatic rings. The predicted octanol–water partition coefficient (Wildman–Crippen LogP) is 5.88. The van der Waals surface area contributed by atoms with E-state index in [4.69, 9.17) is 14.2 Å². The predicted molar refractivity (Wildman–Crippen MR) is 142 cm³/mol. The molecule has 0 amide bonds. The summed E-state index contributed by atoms with van der Waals surface area (Å²) in [5.41, 5.74) is -7.51. The van der Waals surface area contributed by atoms with E-state index in [-0.39, 0.29) is 24.8 Å². The molecule has 9 atom stereocenters. The minimum absolute atomic E-state index is 0.0156. The van der Waals surface area contributed by atoms with Crippen LogP contribution in [0.4, 0.5) is 18.0 Å². The minimum atomic E-state index is -2.37. The number of hydrogen-bond donors (Lipinski definition) is 1. The van der Waals surface area contributed by atoms with E-state index in [1.54, 1.807) is 13.8 Å². The van der Waals surface area contributed by atoms with Gasteiger partial charge >= 0.3 is 12.1 Å². The maximum atomic E-state index is 17.5. The topological polar surface area (TPSA) is 99.1 Å². The molecule has 0 heterocycles. The summed E-state index contributed by atoms with van der Waals surface area (Å²) in [4.78, 5) is 38.9. The van der Waals surface area contributed by atoms with Crippen molar-refractivity contribution < 1.29 is 46.9 Å². The van der Waals surface area contributed by atoms with Crippen molar-refractivity contribution in [1.29, 1.82) is 0 Å². The Morgan fingerprint density at radius 1 is 1.12 bits per heavy atom. The number of carbonyl (C=O) groups excluding carboxylic acids is 3. The highest BCUT2D eigenvalue weighted by Gasteiger charge is 2.79. The number of alkyl halides is 3. The maximum Gasteiger partial charge on any atom is 0.509 e. The third kappa shape index (κ3) is 4.20. The second-order valence-electron chi connectivity index (χ2n) is 13.3. The molecule has 1 N–H and O–H groups in total. The lowest BCUT2D eigenvalue weighted by Gasteiger charge is -2.62. The molecule has 0 bridgehead atoms. The van der Waals surface area contributed by atoms with E-state index >= 15 is 8.78 Å². The standard InChI is InChI=1S/C31H41F3O7/c1-5-18-6-8-20(9-7-18)40-27(38)41-31(26(37)39-16-32)17(2)12-21-22-14-24(33)23-13-19(35)10-11-28(23,3)30(22,34)25(36)15-29(21,31)4/h10-11,13,17-18,20-22,24-25,36H,5-9,12,14-16H2,1-4H3/t17-,18-,20-,21+,22+,24+,25+,28+,29+,30?,31-/m1/s1. The van der Waals surface area contributed by atoms with Crippen LogP contribution in [0, 0.1) is 34.5 Å². The average molecular weight is 583 g/mol. The van der Waals surface area contributed by atoms with Crippen molar-refractivity contribution in [2.24, 2.45) is 34.5 Å². The van der Waals surface area contributed by atoms with E-state index in [1.165, 1.54) is 19.1 Å². The van der Waals surface area contributed by atoms with Gasteiger partial charge in [0.15, 0.2) is 11.5 Å². The van der Waals surface area contributed by atoms with Gasteiger partial charge in [-0.25, -0.2) is 22.8 Å². The molecule has 0 saturated heterocycles. The van der Waals surface area contributed by atoms with Crippen LogP contribution in [-0.4, -0.2) is 59.5 Å². The van der Waals surface area contributed by atoms with Crippen LogP contribution in [0.2, 0.25) is 0 Å². The zero-order valence-corrected chi connectivity index (χ0v) is 24.2. The molecular formula is C31H41F3O7. The van der Waals surface area contributed by atoms with E-state index in [1.807, 2.05) is 0 Å². The zero-order valence-electron chi connectivity index (χ0n) is 24.2. The summed E-state index contributed by atoms with van der Waals surface area (Å²) in [6, 6.07) is 0. The molecule has 41 heavy (non-hydrogen) atoms. The third-order valence-electron chi connectivity index (χ3n) is 11.5. The molecule has 7 nitrogen and oxygen atoms in total. The monoisotopic (exact) mass is 582 g/mol. The Morgan fingerprint density at radius 2 is 1.80 bits per heavy atom. The van der Waals surface area contributed by atoms with Gasteiger partial charge in [0.25, 0.3) is 0 Å². The molecule has 0 aliphatic heterocycles. The smallest absolute Gasteiger partial charge is 0.431 e. The lowest BCUT2D eigenvalue weighted by Crippen LogP contribution is -2.71. The first-order valence-corrected chi connectivity index (χ1v) is 14.9. The van der Waals surface area contributed by atoms with Crippen molar-refractivity contribution >= 4 is 17.9 Å². The van der Waals surface area contributed by atoms with Gasteiger partial charge in [0.1, 0.15) is 12.3 Å². The number of carbonyl (C=O) groups is 3. The summed E-state index contributed by atoms with van der Waals surface area (Å²) >= 11 is 0. The molecule has 5 aliphatic rings. The van der Waals surface area contributed by atoms with Crippen molar-refractivity contribution in [3.8, 4) is 0 Å². The lowest BCUT2D eigenvalue weighted by molar-refractivity contribution is -0.235. The zero-order chi connectivity index (χ0) is 30.0. The summed E-state index contributed by atoms with van der Waals surface area (Å²) in [5, 5.41) is 11.6. The molecule has 5 rings (SSSR count). The van der Waals surface area contributed by atoms with Crippen LogP contribution >= 0.6 is 0 Å². The highest BCUT2D eigenvalue weighted by atomic mass is 19.1. The molecule has 5 aliphatic carbocycles. The van der Waals surface area contributed by atoms with Crippen molar-refractivity contribution in [3.05, 3.63) is 23.8 Å². The van der Waals surface area contributed by atoms with Crippen LogP contribution < -0.4 is 0 Å². The van der Waals surface area contributed by atoms with E-state index in [0.29, 0.717) is 18.8 Å². The van der Waals surface area contributed by atoms with E-state index in [9.17, 15) is 23.9 Å². The number of halogens is 3. The van der Waals surface area contributed by atoms with Crippen LogP contribution in [0.25, 0.3) is 0 Å². The van der Waals surface area contributed by atoms with Gasteiger partial charge in [0.2, 0.25) is 12.5 Å². The first-order valence-electron chi connectivity index (χ1n) is 14.9. The van der Waals surface area contributed by atoms with E-state index < -0.39 is 83.0 Å². The number of hydrogen-bond acceptors (Lipinski definition) is 7. The van der Waals surface area contributed by atoms with Gasteiger partial charge in [-0.3, -0.25) is 4.79 Å². The minimum Gasteiger partial charge on any atom is -0.431 e. The Morgan fingerprint density at radius 3 is 2.44 bits per heavy atom. The summed E-state index contributed by atoms with van der Waals surface area (Å²) in [7, 11) is 0. The first kappa shape index (κ1) is 30.1. The number of ketones is 1. The van der Waals surface area contributed by atoms with Gasteiger partial charge in [-0.1, -0.05) is 33.3 Å². The van der Waals surface area contributed by atoms with Crippen LogP contribution in [0.5, 0.6) is 0 Å². The van der Waals surface area contributed by atoms with Crippen molar-refractivity contribution in [3.63, 3.8) is 0 Å². The fourth-order valence-corrected chi connectivity index (χ4v) is 9.32. The molecule has 0 radical (unpaired) electrons. The fourth-order valence-electron chi connectivity index (χ4n) is 9.32. The number of aliphatic hydroxyl groups excluding tert-OH is 1. The second-order valence-corrected chi connectivity index (χ2v) is 13.3. The van der Waals surface area contributed by atoms with Gasteiger partial charge in [0.05, 0.1) is 6.10 Å².